The van der Waals surface area contributed by atoms with Crippen LogP contribution in [0.2, 0.25) is 0 Å². The summed E-state index contributed by atoms with van der Waals surface area (Å²) in [6, 6.07) is 70.4. The molecule has 2 heteroatoms. The Balaban J connectivity index is 1.16. The van der Waals surface area contributed by atoms with Gasteiger partial charge in [0, 0.05) is 32.9 Å². The van der Waals surface area contributed by atoms with Gasteiger partial charge in [0.2, 0.25) is 0 Å². The summed E-state index contributed by atoms with van der Waals surface area (Å²) in [5.74, 6) is 0. The van der Waals surface area contributed by atoms with Crippen LogP contribution in [0.25, 0.3) is 88.4 Å². The number of hydrogen-bond acceptors (Lipinski definition) is 0. The molecule has 10 aromatic rings. The Labute approximate surface area is 290 Å². The zero-order valence-corrected chi connectivity index (χ0v) is 27.4. The number of nitrogens with zero attached hydrogens (tertiary/aromatic N) is 2. The van der Waals surface area contributed by atoms with Crippen molar-refractivity contribution in [3.8, 4) is 44.8 Å². The standard InChI is InChI=1S/C48H32N2/c1-3-12-33(13-4-1)35-22-24-37(25-23-35)38-16-11-17-40(30-38)50-46-21-10-8-19-42(46)44-31-43-41-18-7-9-20-45(41)49(47(43)32-48(44)50)39-28-26-36(27-29-39)34-14-5-2-6-15-34/h1-32H. The molecule has 2 aromatic heterocycles. The van der Waals surface area contributed by atoms with Crippen LogP contribution in [0, 0.1) is 0 Å². The average Bonchev–Trinajstić information content (AvgIpc) is 3.70. The third-order valence-corrected chi connectivity index (χ3v) is 10.1. The first-order valence-corrected chi connectivity index (χ1v) is 17.2. The third kappa shape index (κ3) is 4.57. The molecule has 0 amide bonds. The summed E-state index contributed by atoms with van der Waals surface area (Å²) in [6.45, 7) is 0. The number of para-hydroxylation sites is 2. The molecule has 0 saturated heterocycles. The van der Waals surface area contributed by atoms with E-state index in [1.807, 2.05) is 0 Å². The van der Waals surface area contributed by atoms with Gasteiger partial charge in [-0.1, -0.05) is 146 Å². The Morgan fingerprint density at radius 1 is 0.220 bits per heavy atom. The number of aromatic nitrogens is 2. The van der Waals surface area contributed by atoms with Gasteiger partial charge in [0.1, 0.15) is 0 Å². The minimum Gasteiger partial charge on any atom is -0.309 e. The molecule has 0 aliphatic rings. The molecule has 0 aliphatic carbocycles. The lowest BCUT2D eigenvalue weighted by molar-refractivity contribution is 1.16. The number of benzene rings is 8. The van der Waals surface area contributed by atoms with Gasteiger partial charge in [-0.15, -0.1) is 0 Å². The SMILES string of the molecule is c1ccc(-c2ccc(-c3cccc(-n4c5ccccc5c5cc6c7ccccc7n(-c7ccc(-c8ccccc8)cc7)c6cc54)c3)cc2)cc1. The van der Waals surface area contributed by atoms with Crippen molar-refractivity contribution in [3.63, 3.8) is 0 Å². The van der Waals surface area contributed by atoms with Crippen molar-refractivity contribution in [3.05, 3.63) is 194 Å². The van der Waals surface area contributed by atoms with E-state index in [1.54, 1.807) is 0 Å². The van der Waals surface area contributed by atoms with Gasteiger partial charge in [0.15, 0.2) is 0 Å². The Hall–Kier alpha value is -6.64. The lowest BCUT2D eigenvalue weighted by Gasteiger charge is -2.12. The molecule has 10 rings (SSSR count). The lowest BCUT2D eigenvalue weighted by Crippen LogP contribution is -1.96. The molecule has 234 valence electrons. The maximum atomic E-state index is 2.44. The van der Waals surface area contributed by atoms with Crippen LogP contribution in [0.4, 0.5) is 0 Å². The van der Waals surface area contributed by atoms with Crippen molar-refractivity contribution in [2.45, 2.75) is 0 Å². The molecule has 2 nitrogen and oxygen atoms in total. The number of hydrogen-bond donors (Lipinski definition) is 0. The normalized spacial score (nSPS) is 11.6. The van der Waals surface area contributed by atoms with Gasteiger partial charge in [-0.25, -0.2) is 0 Å². The average molecular weight is 637 g/mol. The molecule has 0 N–H and O–H groups in total. The fourth-order valence-electron chi connectivity index (χ4n) is 7.73. The van der Waals surface area contributed by atoms with Crippen molar-refractivity contribution in [2.75, 3.05) is 0 Å². The van der Waals surface area contributed by atoms with Gasteiger partial charge >= 0.3 is 0 Å². The molecule has 0 radical (unpaired) electrons. The van der Waals surface area contributed by atoms with Gasteiger partial charge in [0.05, 0.1) is 22.1 Å². The van der Waals surface area contributed by atoms with Crippen LogP contribution in [0.15, 0.2) is 194 Å². The van der Waals surface area contributed by atoms with E-state index < -0.39 is 0 Å². The van der Waals surface area contributed by atoms with Crippen LogP contribution in [0.5, 0.6) is 0 Å². The maximum absolute atomic E-state index is 2.44. The van der Waals surface area contributed by atoms with Gasteiger partial charge in [-0.05, 0) is 81.9 Å². The molecular weight excluding hydrogens is 605 g/mol. The zero-order chi connectivity index (χ0) is 33.0. The predicted molar refractivity (Wildman–Crippen MR) is 211 cm³/mol. The van der Waals surface area contributed by atoms with Crippen molar-refractivity contribution < 1.29 is 0 Å². The third-order valence-electron chi connectivity index (χ3n) is 10.1. The molecule has 0 unspecified atom stereocenters. The first kappa shape index (κ1) is 28.4. The molecule has 0 spiro atoms. The lowest BCUT2D eigenvalue weighted by atomic mass is 10.00. The summed E-state index contributed by atoms with van der Waals surface area (Å²) in [5, 5.41) is 5.03. The largest absolute Gasteiger partial charge is 0.309 e. The van der Waals surface area contributed by atoms with Crippen molar-refractivity contribution in [1.82, 2.24) is 9.13 Å². The summed E-state index contributed by atoms with van der Waals surface area (Å²) in [5.41, 5.74) is 14.4. The Kier molecular flexibility index (Phi) is 6.53. The number of rotatable bonds is 5. The van der Waals surface area contributed by atoms with Crippen LogP contribution in [-0.2, 0) is 0 Å². The van der Waals surface area contributed by atoms with E-state index in [0.717, 1.165) is 11.4 Å². The highest BCUT2D eigenvalue weighted by Gasteiger charge is 2.18. The molecule has 8 aromatic carbocycles. The van der Waals surface area contributed by atoms with Crippen LogP contribution in [0.1, 0.15) is 0 Å². The quantitative estimate of drug-likeness (QED) is 0.178. The summed E-state index contributed by atoms with van der Waals surface area (Å²) >= 11 is 0. The molecule has 2 heterocycles. The smallest absolute Gasteiger partial charge is 0.0562 e. The van der Waals surface area contributed by atoms with Crippen LogP contribution in [-0.4, -0.2) is 9.13 Å². The topological polar surface area (TPSA) is 9.86 Å². The minimum absolute atomic E-state index is 1.15. The predicted octanol–water partition coefficient (Wildman–Crippen LogP) is 12.9. The highest BCUT2D eigenvalue weighted by molar-refractivity contribution is 6.19. The summed E-state index contributed by atoms with van der Waals surface area (Å²) in [4.78, 5) is 0. The van der Waals surface area contributed by atoms with Crippen molar-refractivity contribution >= 4 is 43.6 Å². The van der Waals surface area contributed by atoms with Gasteiger partial charge < -0.3 is 9.13 Å². The first-order valence-electron chi connectivity index (χ1n) is 17.2. The second-order valence-electron chi connectivity index (χ2n) is 13.0. The van der Waals surface area contributed by atoms with Crippen LogP contribution in [0.3, 0.4) is 0 Å². The maximum Gasteiger partial charge on any atom is 0.0562 e. The number of fused-ring (bicyclic) bond motifs is 6. The molecule has 50 heavy (non-hydrogen) atoms. The minimum atomic E-state index is 1.15. The van der Waals surface area contributed by atoms with E-state index in [0.29, 0.717) is 0 Å². The zero-order valence-electron chi connectivity index (χ0n) is 27.4. The molecule has 0 saturated carbocycles. The monoisotopic (exact) mass is 636 g/mol. The highest BCUT2D eigenvalue weighted by Crippen LogP contribution is 2.40. The first-order chi connectivity index (χ1) is 24.8. The van der Waals surface area contributed by atoms with Crippen LogP contribution >= 0.6 is 0 Å². The Bertz CT molecular complexity index is 2820. The van der Waals surface area contributed by atoms with E-state index in [9.17, 15) is 0 Å². The Morgan fingerprint density at radius 3 is 1.20 bits per heavy atom. The Morgan fingerprint density at radius 2 is 0.640 bits per heavy atom. The van der Waals surface area contributed by atoms with Gasteiger partial charge in [-0.2, -0.15) is 0 Å². The fourth-order valence-corrected chi connectivity index (χ4v) is 7.73. The van der Waals surface area contributed by atoms with Gasteiger partial charge in [0.25, 0.3) is 0 Å². The van der Waals surface area contributed by atoms with E-state index in [4.69, 9.17) is 0 Å². The molecule has 0 aliphatic heterocycles. The molecule has 0 fully saturated rings. The summed E-state index contributed by atoms with van der Waals surface area (Å²) < 4.78 is 4.86. The molecule has 0 atom stereocenters. The van der Waals surface area contributed by atoms with Crippen LogP contribution < -0.4 is 0 Å². The summed E-state index contributed by atoms with van der Waals surface area (Å²) in [7, 11) is 0. The molecular formula is C48H32N2. The van der Waals surface area contributed by atoms with E-state index >= 15 is 0 Å². The van der Waals surface area contributed by atoms with Crippen molar-refractivity contribution in [1.29, 1.82) is 0 Å². The van der Waals surface area contributed by atoms with Crippen molar-refractivity contribution in [2.24, 2.45) is 0 Å². The van der Waals surface area contributed by atoms with E-state index in [2.05, 4.69) is 203 Å². The van der Waals surface area contributed by atoms with E-state index in [1.165, 1.54) is 77.0 Å². The second kappa shape index (κ2) is 11.5. The fraction of sp³-hybridized carbons (Fsp3) is 0. The summed E-state index contributed by atoms with van der Waals surface area (Å²) in [6.07, 6.45) is 0. The molecule has 0 bridgehead atoms. The van der Waals surface area contributed by atoms with Gasteiger partial charge in [-0.3, -0.25) is 0 Å². The second-order valence-corrected chi connectivity index (χ2v) is 13.0. The highest BCUT2D eigenvalue weighted by atomic mass is 15.0. The van der Waals surface area contributed by atoms with E-state index in [-0.39, 0.29) is 0 Å².